The largest absolute Gasteiger partial charge is 0.496 e. The van der Waals surface area contributed by atoms with E-state index >= 15 is 0 Å². The summed E-state index contributed by atoms with van der Waals surface area (Å²) in [6.45, 7) is 0.319. The van der Waals surface area contributed by atoms with Gasteiger partial charge >= 0.3 is 0 Å². The second-order valence-electron chi connectivity index (χ2n) is 8.81. The number of aromatic nitrogens is 2. The van der Waals surface area contributed by atoms with E-state index < -0.39 is 0 Å². The molecule has 7 heteroatoms. The molecular weight excluding hydrogens is 445 g/mol. The summed E-state index contributed by atoms with van der Waals surface area (Å²) >= 11 is 0. The fourth-order valence-corrected chi connectivity index (χ4v) is 4.76. The number of amides is 1. The third kappa shape index (κ3) is 4.85. The van der Waals surface area contributed by atoms with Crippen molar-refractivity contribution in [2.75, 3.05) is 7.11 Å². The highest BCUT2D eigenvalue weighted by atomic mass is 19.1. The van der Waals surface area contributed by atoms with E-state index in [2.05, 4.69) is 14.9 Å². The Morgan fingerprint density at radius 2 is 1.86 bits per heavy atom. The Labute approximate surface area is 203 Å². The first-order valence-corrected chi connectivity index (χ1v) is 12.0. The van der Waals surface area contributed by atoms with E-state index in [-0.39, 0.29) is 17.5 Å². The molecule has 1 N–H and O–H groups in total. The van der Waals surface area contributed by atoms with Crippen LogP contribution in [0.2, 0.25) is 0 Å². The van der Waals surface area contributed by atoms with Crippen molar-refractivity contribution in [2.45, 2.75) is 44.7 Å². The lowest BCUT2D eigenvalue weighted by atomic mass is 9.95. The van der Waals surface area contributed by atoms with Crippen LogP contribution in [0.25, 0.3) is 22.7 Å². The fraction of sp³-hybridized carbons (Fsp3) is 0.286. The van der Waals surface area contributed by atoms with Gasteiger partial charge in [-0.05, 0) is 55.3 Å². The third-order valence-electron chi connectivity index (χ3n) is 6.57. The number of benzene rings is 2. The molecule has 35 heavy (non-hydrogen) atoms. The predicted molar refractivity (Wildman–Crippen MR) is 132 cm³/mol. The Kier molecular flexibility index (Phi) is 6.66. The molecular formula is C28H28FN3O3. The van der Waals surface area contributed by atoms with Crippen molar-refractivity contribution in [1.29, 1.82) is 0 Å². The molecule has 1 amide bonds. The standard InChI is InChI=1S/C28H28FN3O3/c1-34-23-10-6-5-7-20(23)17-30-28(33)25-16-15-24(35-25)27-26(19-11-13-21(29)14-12-19)31-18-32(27)22-8-3-2-4-9-22/h5-7,10-16,18,22H,2-4,8-9,17H2,1H3,(H,30,33). The smallest absolute Gasteiger partial charge is 0.287 e. The summed E-state index contributed by atoms with van der Waals surface area (Å²) in [6, 6.07) is 17.6. The SMILES string of the molecule is COc1ccccc1CNC(=O)c1ccc(-c2c(-c3ccc(F)cc3)ncn2C2CCCCC2)o1. The number of nitrogens with zero attached hydrogens (tertiary/aromatic N) is 2. The number of methoxy groups -OCH3 is 1. The van der Waals surface area contributed by atoms with E-state index in [1.54, 1.807) is 31.4 Å². The van der Waals surface area contributed by atoms with E-state index in [1.807, 2.05) is 30.6 Å². The lowest BCUT2D eigenvalue weighted by Gasteiger charge is -2.24. The van der Waals surface area contributed by atoms with Crippen molar-refractivity contribution in [2.24, 2.45) is 0 Å². The van der Waals surface area contributed by atoms with Gasteiger partial charge in [0, 0.05) is 23.7 Å². The van der Waals surface area contributed by atoms with Crippen LogP contribution < -0.4 is 10.1 Å². The Morgan fingerprint density at radius 1 is 1.09 bits per heavy atom. The molecule has 1 aliphatic carbocycles. The van der Waals surface area contributed by atoms with Crippen LogP contribution >= 0.6 is 0 Å². The first-order valence-electron chi connectivity index (χ1n) is 12.0. The van der Waals surface area contributed by atoms with Crippen molar-refractivity contribution in [3.63, 3.8) is 0 Å². The van der Waals surface area contributed by atoms with Gasteiger partial charge in [-0.25, -0.2) is 9.37 Å². The Hall–Kier alpha value is -3.87. The molecule has 0 saturated heterocycles. The topological polar surface area (TPSA) is 69.3 Å². The van der Waals surface area contributed by atoms with Crippen molar-refractivity contribution >= 4 is 5.91 Å². The molecule has 1 saturated carbocycles. The second-order valence-corrected chi connectivity index (χ2v) is 8.81. The van der Waals surface area contributed by atoms with Crippen LogP contribution in [0.5, 0.6) is 5.75 Å². The highest BCUT2D eigenvalue weighted by Crippen LogP contribution is 2.38. The van der Waals surface area contributed by atoms with Gasteiger partial charge in [0.25, 0.3) is 5.91 Å². The number of hydrogen-bond donors (Lipinski definition) is 1. The molecule has 2 aromatic heterocycles. The molecule has 5 rings (SSSR count). The number of furan rings is 1. The summed E-state index contributed by atoms with van der Waals surface area (Å²) in [5.41, 5.74) is 3.21. The molecule has 180 valence electrons. The number of ether oxygens (including phenoxy) is 1. The number of rotatable bonds is 7. The average molecular weight is 474 g/mol. The summed E-state index contributed by atoms with van der Waals surface area (Å²) in [7, 11) is 1.60. The minimum atomic E-state index is -0.311. The molecule has 2 heterocycles. The van der Waals surface area contributed by atoms with Gasteiger partial charge in [0.15, 0.2) is 11.5 Å². The molecule has 0 spiro atoms. The lowest BCUT2D eigenvalue weighted by molar-refractivity contribution is 0.0923. The lowest BCUT2D eigenvalue weighted by Crippen LogP contribution is -2.22. The molecule has 1 fully saturated rings. The Bertz CT molecular complexity index is 1300. The van der Waals surface area contributed by atoms with Crippen LogP contribution in [0.1, 0.15) is 54.3 Å². The second kappa shape index (κ2) is 10.2. The zero-order valence-corrected chi connectivity index (χ0v) is 19.7. The first-order chi connectivity index (χ1) is 17.1. The molecule has 0 unspecified atom stereocenters. The minimum absolute atomic E-state index is 0.219. The maximum atomic E-state index is 13.6. The van der Waals surface area contributed by atoms with E-state index in [0.717, 1.165) is 29.7 Å². The summed E-state index contributed by atoms with van der Waals surface area (Å²) < 4.78 is 27.2. The van der Waals surface area contributed by atoms with Crippen LogP contribution in [-0.4, -0.2) is 22.6 Å². The van der Waals surface area contributed by atoms with E-state index in [0.29, 0.717) is 29.8 Å². The van der Waals surface area contributed by atoms with Crippen molar-refractivity contribution < 1.29 is 18.3 Å². The zero-order chi connectivity index (χ0) is 24.2. The molecule has 0 radical (unpaired) electrons. The van der Waals surface area contributed by atoms with Crippen LogP contribution in [0.4, 0.5) is 4.39 Å². The number of imidazole rings is 1. The van der Waals surface area contributed by atoms with Crippen molar-refractivity contribution in [3.8, 4) is 28.5 Å². The Balaban J connectivity index is 1.44. The average Bonchev–Trinajstić information content (AvgIpc) is 3.56. The molecule has 0 atom stereocenters. The molecule has 1 aliphatic rings. The van der Waals surface area contributed by atoms with E-state index in [9.17, 15) is 9.18 Å². The van der Waals surface area contributed by atoms with Crippen molar-refractivity contribution in [1.82, 2.24) is 14.9 Å². The normalized spacial score (nSPS) is 14.1. The van der Waals surface area contributed by atoms with Crippen LogP contribution in [0.15, 0.2) is 71.4 Å². The molecule has 0 aliphatic heterocycles. The zero-order valence-electron chi connectivity index (χ0n) is 19.7. The number of hydrogen-bond acceptors (Lipinski definition) is 4. The third-order valence-corrected chi connectivity index (χ3v) is 6.57. The van der Waals surface area contributed by atoms with Gasteiger partial charge < -0.3 is 19.0 Å². The van der Waals surface area contributed by atoms with Crippen LogP contribution in [0.3, 0.4) is 0 Å². The molecule has 4 aromatic rings. The summed E-state index contributed by atoms with van der Waals surface area (Å²) in [6.07, 6.45) is 7.56. The number of nitrogens with one attached hydrogen (secondary N) is 1. The van der Waals surface area contributed by atoms with Crippen LogP contribution in [0, 0.1) is 5.82 Å². The van der Waals surface area contributed by atoms with E-state index in [1.165, 1.54) is 31.4 Å². The minimum Gasteiger partial charge on any atom is -0.496 e. The highest BCUT2D eigenvalue weighted by molar-refractivity contribution is 5.92. The number of carbonyl (C=O) groups excluding carboxylic acids is 1. The first kappa shape index (κ1) is 22.9. The molecule has 6 nitrogen and oxygen atoms in total. The van der Waals surface area contributed by atoms with Gasteiger partial charge in [0.2, 0.25) is 0 Å². The summed E-state index contributed by atoms with van der Waals surface area (Å²) in [4.78, 5) is 17.6. The number of para-hydroxylation sites is 1. The van der Waals surface area contributed by atoms with Crippen molar-refractivity contribution in [3.05, 3.63) is 84.1 Å². The quantitative estimate of drug-likeness (QED) is 0.338. The monoisotopic (exact) mass is 473 g/mol. The fourth-order valence-electron chi connectivity index (χ4n) is 4.76. The van der Waals surface area contributed by atoms with E-state index in [4.69, 9.17) is 9.15 Å². The summed E-state index contributed by atoms with van der Waals surface area (Å²) in [5.74, 6) is 0.891. The molecule has 2 aromatic carbocycles. The number of carbonyl (C=O) groups is 1. The van der Waals surface area contributed by atoms with Gasteiger partial charge in [-0.1, -0.05) is 37.5 Å². The van der Waals surface area contributed by atoms with Gasteiger partial charge in [-0.15, -0.1) is 0 Å². The predicted octanol–water partition coefficient (Wildman–Crippen LogP) is 6.39. The summed E-state index contributed by atoms with van der Waals surface area (Å²) in [5, 5.41) is 2.90. The number of halogens is 1. The van der Waals surface area contributed by atoms with Gasteiger partial charge in [-0.3, -0.25) is 4.79 Å². The van der Waals surface area contributed by atoms with Crippen LogP contribution in [-0.2, 0) is 6.54 Å². The van der Waals surface area contributed by atoms with Gasteiger partial charge in [-0.2, -0.15) is 0 Å². The van der Waals surface area contributed by atoms with Gasteiger partial charge in [0.05, 0.1) is 19.1 Å². The maximum Gasteiger partial charge on any atom is 0.287 e. The van der Waals surface area contributed by atoms with Gasteiger partial charge in [0.1, 0.15) is 17.3 Å². The maximum absolute atomic E-state index is 13.6. The molecule has 0 bridgehead atoms. The highest BCUT2D eigenvalue weighted by Gasteiger charge is 2.25. The Morgan fingerprint density at radius 3 is 2.63 bits per heavy atom.